The van der Waals surface area contributed by atoms with Crippen LogP contribution >= 0.6 is 0 Å². The summed E-state index contributed by atoms with van der Waals surface area (Å²) in [5, 5.41) is 1.13. The van der Waals surface area contributed by atoms with E-state index >= 15 is 0 Å². The molecule has 0 spiro atoms. The van der Waals surface area contributed by atoms with Crippen molar-refractivity contribution in [2.75, 3.05) is 26.7 Å². The highest BCUT2D eigenvalue weighted by atomic mass is 16.2. The molecule has 1 aliphatic rings. The Bertz CT molecular complexity index is 945. The van der Waals surface area contributed by atoms with Crippen molar-refractivity contribution in [2.24, 2.45) is 7.05 Å². The van der Waals surface area contributed by atoms with Gasteiger partial charge in [-0.05, 0) is 31.2 Å². The van der Waals surface area contributed by atoms with E-state index in [1.807, 2.05) is 40.8 Å². The van der Waals surface area contributed by atoms with E-state index in [4.69, 9.17) is 0 Å². The van der Waals surface area contributed by atoms with Gasteiger partial charge in [-0.25, -0.2) is 0 Å². The quantitative estimate of drug-likeness (QED) is 0.708. The number of aromatic nitrogens is 1. The second-order valence-electron chi connectivity index (χ2n) is 7.29. The Morgan fingerprint density at radius 1 is 1.00 bits per heavy atom. The van der Waals surface area contributed by atoms with Crippen LogP contribution in [0.4, 0.5) is 0 Å². The van der Waals surface area contributed by atoms with Crippen LogP contribution in [0.25, 0.3) is 10.9 Å². The lowest BCUT2D eigenvalue weighted by Crippen LogP contribution is -2.49. The van der Waals surface area contributed by atoms with Crippen molar-refractivity contribution in [1.29, 1.82) is 0 Å². The number of nitrogens with zero attached hydrogens (tertiary/aromatic N) is 3. The third-order valence-electron chi connectivity index (χ3n) is 5.51. The van der Waals surface area contributed by atoms with Gasteiger partial charge in [0, 0.05) is 32.1 Å². The number of benzene rings is 2. The fourth-order valence-electron chi connectivity index (χ4n) is 4.10. The summed E-state index contributed by atoms with van der Waals surface area (Å²) in [7, 11) is 4.12. The topological polar surface area (TPSA) is 28.5 Å². The fraction of sp³-hybridized carbons (Fsp3) is 0.318. The number of aryl methyl sites for hydroxylation is 2. The van der Waals surface area contributed by atoms with Crippen LogP contribution in [0.3, 0.4) is 0 Å². The largest absolute Gasteiger partial charge is 0.339 e. The first-order valence-electron chi connectivity index (χ1n) is 9.16. The summed E-state index contributed by atoms with van der Waals surface area (Å²) in [4.78, 5) is 17.8. The van der Waals surface area contributed by atoms with Gasteiger partial charge in [0.1, 0.15) is 5.69 Å². The molecule has 0 bridgehead atoms. The Balaban J connectivity index is 1.74. The lowest BCUT2D eigenvalue weighted by Gasteiger charge is -2.40. The predicted molar refractivity (Wildman–Crippen MR) is 105 cm³/mol. The Labute approximate surface area is 154 Å². The van der Waals surface area contributed by atoms with Gasteiger partial charge < -0.3 is 14.4 Å². The number of para-hydroxylation sites is 1. The number of likely N-dealkylation sites (N-methyl/N-ethyl adjacent to an activating group) is 1. The van der Waals surface area contributed by atoms with Crippen LogP contribution < -0.4 is 0 Å². The number of carbonyl (C=O) groups excluding carboxylic acids is 1. The predicted octanol–water partition coefficient (Wildman–Crippen LogP) is 3.62. The number of hydrogen-bond acceptors (Lipinski definition) is 2. The number of carbonyl (C=O) groups is 1. The molecule has 1 atom stereocenters. The molecule has 2 heterocycles. The number of fused-ring (bicyclic) bond motifs is 1. The molecule has 0 radical (unpaired) electrons. The molecule has 26 heavy (non-hydrogen) atoms. The molecule has 134 valence electrons. The summed E-state index contributed by atoms with van der Waals surface area (Å²) in [6.07, 6.45) is 0. The summed E-state index contributed by atoms with van der Waals surface area (Å²) < 4.78 is 2.05. The standard InChI is InChI=1S/C22H25N3O/c1-16-8-7-11-18-14-19(24(3)21(16)18)22(26)25-13-12-23(2)15-20(25)17-9-5-4-6-10-17/h4-11,14,20H,12-13,15H2,1-3H3/t20-/m0/s1. The number of rotatable bonds is 2. The monoisotopic (exact) mass is 347 g/mol. The fourth-order valence-corrected chi connectivity index (χ4v) is 4.10. The van der Waals surface area contributed by atoms with E-state index in [2.05, 4.69) is 49.2 Å². The molecule has 0 aliphatic carbocycles. The van der Waals surface area contributed by atoms with Gasteiger partial charge in [0.25, 0.3) is 5.91 Å². The minimum atomic E-state index is 0.0848. The summed E-state index contributed by atoms with van der Waals surface area (Å²) in [6, 6.07) is 18.7. The highest BCUT2D eigenvalue weighted by molar-refractivity contribution is 5.99. The van der Waals surface area contributed by atoms with Crippen LogP contribution in [0.15, 0.2) is 54.6 Å². The van der Waals surface area contributed by atoms with E-state index < -0.39 is 0 Å². The molecule has 0 saturated carbocycles. The van der Waals surface area contributed by atoms with Gasteiger partial charge in [0.15, 0.2) is 0 Å². The molecule has 1 aliphatic heterocycles. The third kappa shape index (κ3) is 2.80. The average molecular weight is 347 g/mol. The van der Waals surface area contributed by atoms with Crippen LogP contribution in [0, 0.1) is 6.92 Å². The van der Waals surface area contributed by atoms with Crippen molar-refractivity contribution in [2.45, 2.75) is 13.0 Å². The lowest BCUT2D eigenvalue weighted by molar-refractivity contribution is 0.0489. The Hall–Kier alpha value is -2.59. The molecule has 3 aromatic rings. The van der Waals surface area contributed by atoms with E-state index in [1.54, 1.807) is 0 Å². The zero-order valence-corrected chi connectivity index (χ0v) is 15.6. The minimum Gasteiger partial charge on any atom is -0.339 e. The van der Waals surface area contributed by atoms with Crippen molar-refractivity contribution in [3.8, 4) is 0 Å². The van der Waals surface area contributed by atoms with Crippen LogP contribution in [-0.2, 0) is 7.05 Å². The van der Waals surface area contributed by atoms with Gasteiger partial charge in [-0.2, -0.15) is 0 Å². The molecule has 2 aromatic carbocycles. The maximum atomic E-state index is 13.5. The van der Waals surface area contributed by atoms with E-state index in [1.165, 1.54) is 11.1 Å². The van der Waals surface area contributed by atoms with Gasteiger partial charge in [-0.15, -0.1) is 0 Å². The van der Waals surface area contributed by atoms with Crippen molar-refractivity contribution < 1.29 is 4.79 Å². The third-order valence-corrected chi connectivity index (χ3v) is 5.51. The molecule has 4 nitrogen and oxygen atoms in total. The highest BCUT2D eigenvalue weighted by Crippen LogP contribution is 2.29. The van der Waals surface area contributed by atoms with Gasteiger partial charge in [-0.1, -0.05) is 48.5 Å². The van der Waals surface area contributed by atoms with E-state index in [9.17, 15) is 4.79 Å². The van der Waals surface area contributed by atoms with Gasteiger partial charge in [0.05, 0.1) is 11.6 Å². The SMILES string of the molecule is Cc1cccc2cc(C(=O)N3CCN(C)C[C@H]3c3ccccc3)n(C)c12. The first-order chi connectivity index (χ1) is 12.6. The molecule has 1 aromatic heterocycles. The zero-order valence-electron chi connectivity index (χ0n) is 15.6. The molecule has 4 heteroatoms. The molecule has 1 fully saturated rings. The summed E-state index contributed by atoms with van der Waals surface area (Å²) in [5.41, 5.74) is 4.30. The van der Waals surface area contributed by atoms with Gasteiger partial charge in [0.2, 0.25) is 0 Å². The van der Waals surface area contributed by atoms with Gasteiger partial charge in [-0.3, -0.25) is 4.79 Å². The number of piperazine rings is 1. The smallest absolute Gasteiger partial charge is 0.271 e. The van der Waals surface area contributed by atoms with Crippen molar-refractivity contribution >= 4 is 16.8 Å². The average Bonchev–Trinajstić information content (AvgIpc) is 3.00. The highest BCUT2D eigenvalue weighted by Gasteiger charge is 2.32. The Morgan fingerprint density at radius 2 is 1.77 bits per heavy atom. The van der Waals surface area contributed by atoms with E-state index in [0.29, 0.717) is 0 Å². The molecular formula is C22H25N3O. The lowest BCUT2D eigenvalue weighted by atomic mass is 10.0. The minimum absolute atomic E-state index is 0.0848. The molecule has 4 rings (SSSR count). The van der Waals surface area contributed by atoms with Gasteiger partial charge >= 0.3 is 0 Å². The summed E-state index contributed by atoms with van der Waals surface area (Å²) in [5.74, 6) is 0.116. The van der Waals surface area contributed by atoms with Crippen LogP contribution in [0.1, 0.15) is 27.7 Å². The normalized spacial score (nSPS) is 18.4. The molecule has 0 unspecified atom stereocenters. The van der Waals surface area contributed by atoms with E-state index in [0.717, 1.165) is 36.2 Å². The number of amides is 1. The van der Waals surface area contributed by atoms with E-state index in [-0.39, 0.29) is 11.9 Å². The Morgan fingerprint density at radius 3 is 2.50 bits per heavy atom. The van der Waals surface area contributed by atoms with Crippen LogP contribution in [0.2, 0.25) is 0 Å². The molecule has 1 saturated heterocycles. The maximum Gasteiger partial charge on any atom is 0.271 e. The first-order valence-corrected chi connectivity index (χ1v) is 9.16. The van der Waals surface area contributed by atoms with Crippen LogP contribution in [-0.4, -0.2) is 47.0 Å². The van der Waals surface area contributed by atoms with Crippen molar-refractivity contribution in [3.63, 3.8) is 0 Å². The summed E-state index contributed by atoms with van der Waals surface area (Å²) >= 11 is 0. The maximum absolute atomic E-state index is 13.5. The molecule has 1 amide bonds. The molecular weight excluding hydrogens is 322 g/mol. The van der Waals surface area contributed by atoms with Crippen molar-refractivity contribution in [3.05, 3.63) is 71.4 Å². The van der Waals surface area contributed by atoms with Crippen LogP contribution in [0.5, 0.6) is 0 Å². The summed E-state index contributed by atoms with van der Waals surface area (Å²) in [6.45, 7) is 4.60. The second kappa shape index (κ2) is 6.61. The zero-order chi connectivity index (χ0) is 18.3. The second-order valence-corrected chi connectivity index (χ2v) is 7.29. The molecule has 0 N–H and O–H groups in total. The Kier molecular flexibility index (Phi) is 4.29. The number of hydrogen-bond donors (Lipinski definition) is 0. The van der Waals surface area contributed by atoms with Crippen molar-refractivity contribution in [1.82, 2.24) is 14.4 Å². The first kappa shape index (κ1) is 16.9.